The number of hydrogen-bond acceptors (Lipinski definition) is 2. The second-order valence-corrected chi connectivity index (χ2v) is 5.62. The van der Waals surface area contributed by atoms with Gasteiger partial charge in [-0.15, -0.1) is 0 Å². The molecule has 5 heteroatoms. The van der Waals surface area contributed by atoms with E-state index in [-0.39, 0.29) is 16.5 Å². The van der Waals surface area contributed by atoms with Crippen LogP contribution < -0.4 is 5.32 Å². The van der Waals surface area contributed by atoms with Crippen molar-refractivity contribution in [3.05, 3.63) is 29.3 Å². The summed E-state index contributed by atoms with van der Waals surface area (Å²) < 4.78 is 39.1. The van der Waals surface area contributed by atoms with Crippen LogP contribution in [0.1, 0.15) is 31.4 Å². The average Bonchev–Trinajstić information content (AvgIpc) is 2.32. The Morgan fingerprint density at radius 1 is 1.41 bits per heavy atom. The van der Waals surface area contributed by atoms with E-state index in [1.165, 1.54) is 0 Å². The molecule has 2 nitrogen and oxygen atoms in total. The third-order valence-corrected chi connectivity index (χ3v) is 4.38. The fourth-order valence-corrected chi connectivity index (χ4v) is 3.52. The maximum atomic E-state index is 13.8. The minimum atomic E-state index is -1.42. The number of rotatable bonds is 3. The van der Waals surface area contributed by atoms with Crippen molar-refractivity contribution in [1.82, 2.24) is 5.32 Å². The lowest BCUT2D eigenvalue weighted by molar-refractivity contribution is 0.459. The largest absolute Gasteiger partial charge is 0.310 e. The molecule has 1 aromatic rings. The van der Waals surface area contributed by atoms with E-state index in [0.717, 1.165) is 25.1 Å². The first-order valence-electron chi connectivity index (χ1n) is 5.74. The smallest absolute Gasteiger partial charge is 0.139 e. The van der Waals surface area contributed by atoms with Gasteiger partial charge < -0.3 is 5.32 Å². The summed E-state index contributed by atoms with van der Waals surface area (Å²) >= 11 is 0. The van der Waals surface area contributed by atoms with Gasteiger partial charge in [-0.1, -0.05) is 6.92 Å². The molecule has 1 N–H and O–H groups in total. The summed E-state index contributed by atoms with van der Waals surface area (Å²) in [4.78, 5) is 0.0462. The Kier molecular flexibility index (Phi) is 3.89. The zero-order valence-corrected chi connectivity index (χ0v) is 10.4. The molecule has 94 valence electrons. The summed E-state index contributed by atoms with van der Waals surface area (Å²) in [6.07, 6.45) is 1.51. The molecule has 1 aromatic carbocycles. The predicted molar refractivity (Wildman–Crippen MR) is 63.3 cm³/mol. The van der Waals surface area contributed by atoms with Gasteiger partial charge in [0.25, 0.3) is 0 Å². The highest BCUT2D eigenvalue weighted by Gasteiger charge is 2.30. The number of nitrogens with one attached hydrogen (secondary N) is 1. The normalized spacial score (nSPS) is 23.5. The summed E-state index contributed by atoms with van der Waals surface area (Å²) in [5.41, 5.74) is 0.253. The summed E-state index contributed by atoms with van der Waals surface area (Å²) in [5.74, 6) is -0.653. The molecule has 0 spiro atoms. The van der Waals surface area contributed by atoms with Gasteiger partial charge in [-0.25, -0.2) is 8.78 Å². The SMILES string of the molecule is CCCNC1CCS(=O)c2c(F)ccc(F)c21. The van der Waals surface area contributed by atoms with E-state index in [1.54, 1.807) is 0 Å². The Labute approximate surface area is 102 Å². The van der Waals surface area contributed by atoms with E-state index in [1.807, 2.05) is 6.92 Å². The quantitative estimate of drug-likeness (QED) is 0.903. The van der Waals surface area contributed by atoms with Gasteiger partial charge in [0.1, 0.15) is 11.6 Å². The first-order valence-corrected chi connectivity index (χ1v) is 7.06. The van der Waals surface area contributed by atoms with Crippen LogP contribution in [0.25, 0.3) is 0 Å². The Hall–Kier alpha value is -0.810. The molecule has 0 radical (unpaired) electrons. The first-order chi connectivity index (χ1) is 8.15. The van der Waals surface area contributed by atoms with Gasteiger partial charge in [-0.3, -0.25) is 4.21 Å². The van der Waals surface area contributed by atoms with Crippen LogP contribution in [0.2, 0.25) is 0 Å². The highest BCUT2D eigenvalue weighted by atomic mass is 32.2. The number of benzene rings is 1. The Morgan fingerprint density at radius 2 is 2.12 bits per heavy atom. The lowest BCUT2D eigenvalue weighted by Gasteiger charge is -2.26. The standard InChI is InChI=1S/C12H15F2NOS/c1-2-6-15-10-5-7-17(16)12-9(14)4-3-8(13)11(10)12/h3-4,10,15H,2,5-7H2,1H3. The topological polar surface area (TPSA) is 29.1 Å². The fourth-order valence-electron chi connectivity index (χ4n) is 2.10. The Bertz CT molecular complexity index is 450. The van der Waals surface area contributed by atoms with Crippen LogP contribution in [0.5, 0.6) is 0 Å². The van der Waals surface area contributed by atoms with Crippen molar-refractivity contribution in [2.45, 2.75) is 30.7 Å². The van der Waals surface area contributed by atoms with Crippen molar-refractivity contribution < 1.29 is 13.0 Å². The molecular weight excluding hydrogens is 244 g/mol. The van der Waals surface area contributed by atoms with E-state index in [0.29, 0.717) is 12.2 Å². The first kappa shape index (κ1) is 12.6. The molecule has 1 aliphatic heterocycles. The molecule has 0 amide bonds. The van der Waals surface area contributed by atoms with Crippen LogP contribution in [-0.2, 0) is 10.8 Å². The maximum Gasteiger partial charge on any atom is 0.139 e. The number of fused-ring (bicyclic) bond motifs is 1. The fraction of sp³-hybridized carbons (Fsp3) is 0.500. The third-order valence-electron chi connectivity index (χ3n) is 2.90. The van der Waals surface area contributed by atoms with Crippen LogP contribution >= 0.6 is 0 Å². The van der Waals surface area contributed by atoms with Crippen molar-refractivity contribution in [3.8, 4) is 0 Å². The molecule has 2 rings (SSSR count). The second-order valence-electron chi connectivity index (χ2n) is 4.12. The lowest BCUT2D eigenvalue weighted by atomic mass is 10.0. The van der Waals surface area contributed by atoms with Gasteiger partial charge in [0, 0.05) is 17.4 Å². The Morgan fingerprint density at radius 3 is 2.82 bits per heavy atom. The second kappa shape index (κ2) is 5.23. The molecule has 17 heavy (non-hydrogen) atoms. The van der Waals surface area contributed by atoms with Gasteiger partial charge in [0.05, 0.1) is 15.7 Å². The highest BCUT2D eigenvalue weighted by Crippen LogP contribution is 2.33. The molecule has 0 aromatic heterocycles. The zero-order valence-electron chi connectivity index (χ0n) is 9.63. The Balaban J connectivity index is 2.43. The molecule has 1 aliphatic rings. The highest BCUT2D eigenvalue weighted by molar-refractivity contribution is 7.85. The van der Waals surface area contributed by atoms with Gasteiger partial charge >= 0.3 is 0 Å². The van der Waals surface area contributed by atoms with Crippen molar-refractivity contribution in [2.75, 3.05) is 12.3 Å². The maximum absolute atomic E-state index is 13.8. The summed E-state index contributed by atoms with van der Waals surface area (Å²) in [6.45, 7) is 2.75. The van der Waals surface area contributed by atoms with Crippen LogP contribution in [0.15, 0.2) is 17.0 Å². The molecular formula is C12H15F2NOS. The molecule has 1 heterocycles. The summed E-state index contributed by atoms with van der Waals surface area (Å²) in [5, 5.41) is 3.17. The number of halogens is 2. The molecule has 0 bridgehead atoms. The van der Waals surface area contributed by atoms with Gasteiger partial charge in [-0.05, 0) is 31.5 Å². The van der Waals surface area contributed by atoms with Gasteiger partial charge in [0.15, 0.2) is 0 Å². The van der Waals surface area contributed by atoms with Crippen LogP contribution in [0.3, 0.4) is 0 Å². The summed E-state index contributed by atoms with van der Waals surface area (Å²) in [6, 6.07) is 1.93. The van der Waals surface area contributed by atoms with Gasteiger partial charge in [0.2, 0.25) is 0 Å². The molecule has 0 saturated heterocycles. The van der Waals surface area contributed by atoms with Crippen molar-refractivity contribution in [3.63, 3.8) is 0 Å². The van der Waals surface area contributed by atoms with Crippen molar-refractivity contribution >= 4 is 10.8 Å². The number of hydrogen-bond donors (Lipinski definition) is 1. The van der Waals surface area contributed by atoms with E-state index >= 15 is 0 Å². The van der Waals surface area contributed by atoms with Crippen LogP contribution in [-0.4, -0.2) is 16.5 Å². The third kappa shape index (κ3) is 2.40. The molecule has 0 fully saturated rings. The molecule has 2 unspecified atom stereocenters. The molecule has 0 aliphatic carbocycles. The zero-order chi connectivity index (χ0) is 12.4. The molecule has 2 atom stereocenters. The van der Waals surface area contributed by atoms with Crippen molar-refractivity contribution in [2.24, 2.45) is 0 Å². The van der Waals surface area contributed by atoms with Crippen molar-refractivity contribution in [1.29, 1.82) is 0 Å². The molecule has 0 saturated carbocycles. The van der Waals surface area contributed by atoms with E-state index < -0.39 is 22.4 Å². The van der Waals surface area contributed by atoms with E-state index in [9.17, 15) is 13.0 Å². The van der Waals surface area contributed by atoms with E-state index in [4.69, 9.17) is 0 Å². The minimum absolute atomic E-state index is 0.0462. The summed E-state index contributed by atoms with van der Waals surface area (Å²) in [7, 11) is -1.42. The minimum Gasteiger partial charge on any atom is -0.310 e. The van der Waals surface area contributed by atoms with Crippen LogP contribution in [0, 0.1) is 11.6 Å². The lowest BCUT2D eigenvalue weighted by Crippen LogP contribution is -2.30. The monoisotopic (exact) mass is 259 g/mol. The average molecular weight is 259 g/mol. The van der Waals surface area contributed by atoms with E-state index in [2.05, 4.69) is 5.32 Å². The predicted octanol–water partition coefficient (Wildman–Crippen LogP) is 2.52. The van der Waals surface area contributed by atoms with Crippen LogP contribution in [0.4, 0.5) is 8.78 Å². The van der Waals surface area contributed by atoms with Gasteiger partial charge in [-0.2, -0.15) is 0 Å².